The smallest absolute Gasteiger partial charge is 0.262 e. The minimum atomic E-state index is -5.22. The lowest BCUT2D eigenvalue weighted by atomic mass is 9.78. The summed E-state index contributed by atoms with van der Waals surface area (Å²) < 4.78 is 79.5. The van der Waals surface area contributed by atoms with Gasteiger partial charge in [0, 0.05) is 51.9 Å². The van der Waals surface area contributed by atoms with Crippen molar-refractivity contribution in [2.45, 2.75) is 55.1 Å². The number of thioether (sulfide) groups is 1. The Hall–Kier alpha value is -6.83. The predicted molar refractivity (Wildman–Crippen MR) is 284 cm³/mol. The molecule has 18 nitrogen and oxygen atoms in total. The van der Waals surface area contributed by atoms with Crippen LogP contribution in [0.25, 0.3) is 49.0 Å². The third kappa shape index (κ3) is 8.96. The van der Waals surface area contributed by atoms with E-state index in [1.165, 1.54) is 6.07 Å². The third-order valence-electron chi connectivity index (χ3n) is 14.4. The minimum Gasteiger partial charge on any atom is -0.872 e. The van der Waals surface area contributed by atoms with Crippen molar-refractivity contribution >= 4 is 116 Å². The molecule has 0 fully saturated rings. The van der Waals surface area contributed by atoms with Gasteiger partial charge in [0.25, 0.3) is 5.01 Å². The van der Waals surface area contributed by atoms with E-state index < -0.39 is 63.3 Å². The molecule has 2 atom stereocenters. The summed E-state index contributed by atoms with van der Waals surface area (Å²) in [5, 5.41) is 66.3. The van der Waals surface area contributed by atoms with E-state index in [1.54, 1.807) is 53.4 Å². The fourth-order valence-corrected chi connectivity index (χ4v) is 13.3. The van der Waals surface area contributed by atoms with E-state index in [-0.39, 0.29) is 16.9 Å². The van der Waals surface area contributed by atoms with Gasteiger partial charge in [0.1, 0.15) is 36.7 Å². The number of para-hydroxylation sites is 2. The Morgan fingerprint density at radius 3 is 2.05 bits per heavy atom. The Labute approximate surface area is 444 Å². The first-order valence-corrected chi connectivity index (χ1v) is 28.3. The number of aromatic nitrogens is 1. The van der Waals surface area contributed by atoms with E-state index in [1.807, 2.05) is 74.8 Å². The molecular formula is C54H46N6O12S4-4. The second-order valence-corrected chi connectivity index (χ2v) is 23.0. The summed E-state index contributed by atoms with van der Waals surface area (Å²) in [5.74, 6) is -0.481. The highest BCUT2D eigenvalue weighted by molar-refractivity contribution is 8.03. The number of hydrogen-bond donors (Lipinski definition) is 4. The van der Waals surface area contributed by atoms with Gasteiger partial charge in [0.15, 0.2) is 5.66 Å². The first-order valence-electron chi connectivity index (χ1n) is 24.0. The number of thiazole rings is 1. The summed E-state index contributed by atoms with van der Waals surface area (Å²) in [6.45, 7) is 2.24. The standard InChI is InChI=1S/C32H31N4O10S2.C22H18N2O2S2/c1-3-31(4-2)33-21-9-5-7-17-19(11-13-23(34-31)25(17)21)27-29(37)28(30(27)38)20-12-14-24-26-18(20)8-6-10-22(26)35-32(36-24,15-45-47(39,40)41)16-46-48(42,43)44;1-23-15-7-3-5-9-17(15)27-19(23)11-13-21(25)14(22(13)26)12-20-24(2)16-8-4-6-10-18(16)28-20/h5-14,29,33,35-36,38H,3-4,15-16H2,1-2H3,(H,39,40,41)(H,42,43,44);3-12,21,25H,1-2H3/q-1;/p-3. The van der Waals surface area contributed by atoms with Gasteiger partial charge < -0.3 is 50.4 Å². The summed E-state index contributed by atoms with van der Waals surface area (Å²) in [6, 6.07) is 33.5. The van der Waals surface area contributed by atoms with Crippen molar-refractivity contribution in [1.82, 2.24) is 0 Å². The van der Waals surface area contributed by atoms with Gasteiger partial charge in [0.2, 0.25) is 26.3 Å². The zero-order valence-corrected chi connectivity index (χ0v) is 44.2. The molecule has 0 bridgehead atoms. The highest BCUT2D eigenvalue weighted by Crippen LogP contribution is 2.48. The van der Waals surface area contributed by atoms with Crippen molar-refractivity contribution in [1.29, 1.82) is 0 Å². The number of nitrogens with one attached hydrogen (secondary N) is 3. The van der Waals surface area contributed by atoms with E-state index in [0.29, 0.717) is 44.1 Å². The minimum absolute atomic E-state index is 0.0615. The van der Waals surface area contributed by atoms with Gasteiger partial charge in [-0.3, -0.25) is 13.4 Å². The lowest BCUT2D eigenvalue weighted by Crippen LogP contribution is -2.56. The summed E-state index contributed by atoms with van der Waals surface area (Å²) >= 11 is 3.24. The number of aliphatic hydroxyl groups is 1. The van der Waals surface area contributed by atoms with E-state index in [0.717, 1.165) is 65.5 Å². The molecule has 6 aromatic carbocycles. The quantitative estimate of drug-likeness (QED) is 0.0812. The van der Waals surface area contributed by atoms with Gasteiger partial charge in [-0.05, 0) is 94.1 Å². The summed E-state index contributed by atoms with van der Waals surface area (Å²) in [4.78, 5) is 8.21. The molecule has 3 aliphatic heterocycles. The monoisotopic (exact) mass is 1100 g/mol. The van der Waals surface area contributed by atoms with Crippen LogP contribution >= 0.6 is 23.1 Å². The lowest BCUT2D eigenvalue weighted by molar-refractivity contribution is -0.642. The van der Waals surface area contributed by atoms with Crippen molar-refractivity contribution in [2.75, 3.05) is 41.1 Å². The first kappa shape index (κ1) is 51.3. The maximum atomic E-state index is 13.9. The molecule has 392 valence electrons. The van der Waals surface area contributed by atoms with Gasteiger partial charge >= 0.3 is 0 Å². The summed E-state index contributed by atoms with van der Waals surface area (Å²) in [5.41, 5.74) is 2.90. The second kappa shape index (κ2) is 19.0. The number of aryl methyl sites for hydroxylation is 1. The topological polar surface area (TPSA) is 278 Å². The molecule has 0 saturated carbocycles. The SMILES string of the molecule is CCC1(CC)N=c2ccc(=C3C([O-])=C(c4ccc5c6c(cccc46)NC(COS(=O)(=O)[O-])(COS(=O)(=O)[O-])N5)C3[O-])c3cccc(c23)N1.CN1C(=CC2=C([O-])C(=Cc3sc4ccccc4[n+]3C)C2O)Sc2ccccc21. The van der Waals surface area contributed by atoms with Gasteiger partial charge in [0.05, 0.1) is 16.1 Å². The number of fused-ring (bicyclic) bond motifs is 2. The number of benzene rings is 6. The summed E-state index contributed by atoms with van der Waals surface area (Å²) in [6.07, 6.45) is 2.89. The van der Waals surface area contributed by atoms with Crippen molar-refractivity contribution < 1.29 is 59.3 Å². The van der Waals surface area contributed by atoms with Crippen molar-refractivity contribution in [3.8, 4) is 0 Å². The molecule has 5 aliphatic rings. The van der Waals surface area contributed by atoms with Crippen LogP contribution in [0.5, 0.6) is 0 Å². The van der Waals surface area contributed by atoms with Gasteiger partial charge in [-0.1, -0.05) is 121 Å². The molecule has 0 amide bonds. The van der Waals surface area contributed by atoms with Crippen molar-refractivity contribution in [2.24, 2.45) is 12.0 Å². The van der Waals surface area contributed by atoms with Crippen LogP contribution in [0.15, 0.2) is 153 Å². The predicted octanol–water partition coefficient (Wildman–Crippen LogP) is 3.89. The van der Waals surface area contributed by atoms with Crippen molar-refractivity contribution in [3.63, 3.8) is 0 Å². The lowest BCUT2D eigenvalue weighted by Gasteiger charge is -2.47. The molecule has 22 heteroatoms. The largest absolute Gasteiger partial charge is 0.872 e. The molecule has 2 unspecified atom stereocenters. The number of aliphatic hydroxyl groups excluding tert-OH is 1. The Morgan fingerprint density at radius 1 is 0.763 bits per heavy atom. The van der Waals surface area contributed by atoms with E-state index >= 15 is 0 Å². The molecule has 0 spiro atoms. The van der Waals surface area contributed by atoms with Crippen LogP contribution in [0.3, 0.4) is 0 Å². The molecule has 0 saturated heterocycles. The number of anilines is 4. The first-order chi connectivity index (χ1) is 36.2. The van der Waals surface area contributed by atoms with Gasteiger partial charge in [-0.2, -0.15) is 4.57 Å². The van der Waals surface area contributed by atoms with E-state index in [4.69, 9.17) is 4.99 Å². The van der Waals surface area contributed by atoms with Crippen LogP contribution in [0.2, 0.25) is 0 Å². The number of rotatable bonds is 11. The molecular weight excluding hydrogens is 1050 g/mol. The average molecular weight is 1100 g/mol. The second-order valence-electron chi connectivity index (χ2n) is 18.8. The highest BCUT2D eigenvalue weighted by atomic mass is 32.3. The zero-order valence-electron chi connectivity index (χ0n) is 40.9. The maximum absolute atomic E-state index is 13.9. The van der Waals surface area contributed by atoms with Crippen LogP contribution < -0.4 is 51.3 Å². The third-order valence-corrected chi connectivity index (χ3v) is 17.5. The zero-order chi connectivity index (χ0) is 53.6. The molecule has 12 rings (SSSR count). The fourth-order valence-electron chi connectivity index (χ4n) is 10.4. The Morgan fingerprint density at radius 2 is 1.41 bits per heavy atom. The number of nitrogens with zero attached hydrogens (tertiary/aromatic N) is 3. The molecule has 4 heterocycles. The van der Waals surface area contributed by atoms with Crippen LogP contribution in [-0.4, -0.2) is 74.8 Å². The highest BCUT2D eigenvalue weighted by Gasteiger charge is 2.39. The molecule has 2 aliphatic carbocycles. The van der Waals surface area contributed by atoms with Crippen LogP contribution in [0.1, 0.15) is 37.3 Å². The molecule has 1 aromatic heterocycles. The Bertz CT molecular complexity index is 4060. The summed E-state index contributed by atoms with van der Waals surface area (Å²) in [7, 11) is -6.49. The average Bonchev–Trinajstić information content (AvgIpc) is 3.93. The Kier molecular flexibility index (Phi) is 12.8. The molecule has 76 heavy (non-hydrogen) atoms. The van der Waals surface area contributed by atoms with E-state index in [2.05, 4.69) is 71.9 Å². The van der Waals surface area contributed by atoms with E-state index in [9.17, 15) is 46.4 Å². The number of hydrogen-bond acceptors (Lipinski definition) is 19. The van der Waals surface area contributed by atoms with Gasteiger partial charge in [-0.25, -0.2) is 16.8 Å². The molecule has 4 N–H and O–H groups in total. The fraction of sp³-hybridized carbons (Fsp3) is 0.222. The maximum Gasteiger partial charge on any atom is 0.262 e. The van der Waals surface area contributed by atoms with Gasteiger partial charge in [-0.15, -0.1) is 5.76 Å². The van der Waals surface area contributed by atoms with Crippen molar-refractivity contribution in [3.05, 3.63) is 164 Å². The van der Waals surface area contributed by atoms with Crippen LogP contribution in [0, 0.1) is 0 Å². The molecule has 0 radical (unpaired) electrons. The van der Waals surface area contributed by atoms with Crippen LogP contribution in [0.4, 0.5) is 22.7 Å². The Balaban J connectivity index is 0.000000186. The molecule has 7 aromatic rings. The van der Waals surface area contributed by atoms with Crippen LogP contribution in [-0.2, 0) is 36.2 Å². The normalized spacial score (nSPS) is 20.9.